The van der Waals surface area contributed by atoms with Crippen LogP contribution in [-0.4, -0.2) is 2.33 Å². The zero-order valence-electron chi connectivity index (χ0n) is 11.0. The molecule has 0 heterocycles. The Morgan fingerprint density at radius 3 is 1.60 bits per heavy atom. The molecule has 1 atom stereocenters. The normalized spacial score (nSPS) is 20.1. The summed E-state index contributed by atoms with van der Waals surface area (Å²) in [6.45, 7) is 0. The predicted molar refractivity (Wildman–Crippen MR) is 100 cm³/mol. The number of allylic oxidation sites excluding steroid dienone is 4. The van der Waals surface area contributed by atoms with Gasteiger partial charge in [0.05, 0.1) is 2.33 Å². The van der Waals surface area contributed by atoms with Crippen molar-refractivity contribution in [2.45, 2.75) is 8.75 Å². The van der Waals surface area contributed by atoms with E-state index in [1.807, 2.05) is 12.1 Å². The number of rotatable bonds is 1. The maximum atomic E-state index is 3.54. The SMILES string of the molecule is BrC1(I)C=CC=CC1.c1ccc(-c2ccccc2)cc1. The summed E-state index contributed by atoms with van der Waals surface area (Å²) in [5.74, 6) is 0. The van der Waals surface area contributed by atoms with E-state index >= 15 is 0 Å². The molecule has 1 aliphatic rings. The van der Waals surface area contributed by atoms with Crippen LogP contribution >= 0.6 is 38.5 Å². The van der Waals surface area contributed by atoms with Crippen molar-refractivity contribution in [1.82, 2.24) is 0 Å². The summed E-state index contributed by atoms with van der Waals surface area (Å²) in [5.41, 5.74) is 2.55. The van der Waals surface area contributed by atoms with Gasteiger partial charge in [-0.25, -0.2) is 0 Å². The van der Waals surface area contributed by atoms with Gasteiger partial charge in [0, 0.05) is 0 Å². The first kappa shape index (κ1) is 15.5. The number of hydrogen-bond acceptors (Lipinski definition) is 0. The monoisotopic (exact) mass is 438 g/mol. The number of benzene rings is 2. The fraction of sp³-hybridized carbons (Fsp3) is 0.111. The standard InChI is InChI=1S/C12H10.C6H6BrI/c1-3-7-11(8-4-1)12-9-5-2-6-10-12;7-6(8)4-2-1-3-5-6/h1-10H;1-4H,5H2. The van der Waals surface area contributed by atoms with Gasteiger partial charge in [0.15, 0.2) is 0 Å². The average Bonchev–Trinajstić information content (AvgIpc) is 2.49. The van der Waals surface area contributed by atoms with E-state index in [-0.39, 0.29) is 2.33 Å². The molecule has 2 aromatic carbocycles. The zero-order chi connectivity index (χ0) is 14.3. The second kappa shape index (κ2) is 7.79. The molecule has 0 N–H and O–H groups in total. The van der Waals surface area contributed by atoms with Gasteiger partial charge in [-0.05, 0) is 17.5 Å². The second-order valence-electron chi connectivity index (χ2n) is 4.48. The van der Waals surface area contributed by atoms with Crippen LogP contribution in [0.3, 0.4) is 0 Å². The van der Waals surface area contributed by atoms with Crippen LogP contribution in [-0.2, 0) is 0 Å². The van der Waals surface area contributed by atoms with Crippen molar-refractivity contribution >= 4 is 38.5 Å². The van der Waals surface area contributed by atoms with E-state index in [0.717, 1.165) is 6.42 Å². The molecule has 3 rings (SSSR count). The van der Waals surface area contributed by atoms with Crippen molar-refractivity contribution in [3.05, 3.63) is 85.0 Å². The third kappa shape index (κ3) is 5.25. The molecule has 102 valence electrons. The van der Waals surface area contributed by atoms with Crippen LogP contribution in [0.1, 0.15) is 6.42 Å². The van der Waals surface area contributed by atoms with E-state index in [2.05, 4.69) is 111 Å². The molecule has 2 aromatic rings. The van der Waals surface area contributed by atoms with Gasteiger partial charge in [0.1, 0.15) is 0 Å². The molecular weight excluding hydrogens is 423 g/mol. The molecular formula is C18H16BrI. The highest BCUT2D eigenvalue weighted by molar-refractivity contribution is 14.1. The largest absolute Gasteiger partial charge is 0.0986 e. The fourth-order valence-electron chi connectivity index (χ4n) is 1.83. The Labute approximate surface area is 142 Å². The molecule has 0 aliphatic heterocycles. The van der Waals surface area contributed by atoms with Gasteiger partial charge in [0.25, 0.3) is 0 Å². The summed E-state index contributed by atoms with van der Waals surface area (Å²) in [6.07, 6.45) is 9.52. The molecule has 0 spiro atoms. The quantitative estimate of drug-likeness (QED) is 0.357. The summed E-state index contributed by atoms with van der Waals surface area (Å²) in [4.78, 5) is 0. The van der Waals surface area contributed by atoms with Crippen molar-refractivity contribution in [2.75, 3.05) is 0 Å². The minimum atomic E-state index is 0.194. The van der Waals surface area contributed by atoms with Crippen LogP contribution in [0.15, 0.2) is 85.0 Å². The molecule has 2 heteroatoms. The van der Waals surface area contributed by atoms with Gasteiger partial charge in [-0.15, -0.1) is 0 Å². The molecule has 1 unspecified atom stereocenters. The van der Waals surface area contributed by atoms with Gasteiger partial charge in [-0.3, -0.25) is 0 Å². The molecule has 0 fully saturated rings. The molecule has 0 saturated carbocycles. The number of halogens is 2. The Balaban J connectivity index is 0.000000160. The van der Waals surface area contributed by atoms with E-state index in [1.54, 1.807) is 0 Å². The molecule has 0 nitrogen and oxygen atoms in total. The highest BCUT2D eigenvalue weighted by Gasteiger charge is 2.16. The Morgan fingerprint density at radius 1 is 0.800 bits per heavy atom. The summed E-state index contributed by atoms with van der Waals surface area (Å²) in [6, 6.07) is 20.8. The molecule has 0 radical (unpaired) electrons. The van der Waals surface area contributed by atoms with Gasteiger partial charge in [0.2, 0.25) is 0 Å². The van der Waals surface area contributed by atoms with Crippen LogP contribution in [0.5, 0.6) is 0 Å². The molecule has 1 aliphatic carbocycles. The van der Waals surface area contributed by atoms with Gasteiger partial charge >= 0.3 is 0 Å². The van der Waals surface area contributed by atoms with Crippen LogP contribution in [0, 0.1) is 0 Å². The molecule has 0 bridgehead atoms. The smallest absolute Gasteiger partial charge is 0.0820 e. The summed E-state index contributed by atoms with van der Waals surface area (Å²) in [7, 11) is 0. The molecule has 0 amide bonds. The van der Waals surface area contributed by atoms with Gasteiger partial charge in [-0.2, -0.15) is 0 Å². The Bertz CT molecular complexity index is 533. The van der Waals surface area contributed by atoms with Crippen LogP contribution in [0.4, 0.5) is 0 Å². The first-order chi connectivity index (χ1) is 9.67. The van der Waals surface area contributed by atoms with Crippen molar-refractivity contribution in [3.63, 3.8) is 0 Å². The van der Waals surface area contributed by atoms with E-state index in [9.17, 15) is 0 Å². The lowest BCUT2D eigenvalue weighted by molar-refractivity contribution is 1.05. The highest BCUT2D eigenvalue weighted by atomic mass is 127. The maximum absolute atomic E-state index is 3.54. The van der Waals surface area contributed by atoms with E-state index in [4.69, 9.17) is 0 Å². The van der Waals surface area contributed by atoms with Crippen LogP contribution < -0.4 is 0 Å². The summed E-state index contributed by atoms with van der Waals surface area (Å²) >= 11 is 5.91. The predicted octanol–water partition coefficient (Wildman–Crippen LogP) is 6.38. The van der Waals surface area contributed by atoms with E-state index < -0.39 is 0 Å². The van der Waals surface area contributed by atoms with Crippen molar-refractivity contribution in [3.8, 4) is 11.1 Å². The first-order valence-corrected chi connectivity index (χ1v) is 8.37. The lowest BCUT2D eigenvalue weighted by Crippen LogP contribution is -2.05. The maximum Gasteiger partial charge on any atom is 0.0986 e. The van der Waals surface area contributed by atoms with Crippen LogP contribution in [0.2, 0.25) is 0 Å². The molecule has 0 saturated heterocycles. The molecule has 0 aromatic heterocycles. The zero-order valence-corrected chi connectivity index (χ0v) is 14.8. The fourth-order valence-corrected chi connectivity index (χ4v) is 2.63. The Kier molecular flexibility index (Phi) is 6.05. The third-order valence-electron chi connectivity index (χ3n) is 2.86. The second-order valence-corrected chi connectivity index (χ2v) is 9.31. The van der Waals surface area contributed by atoms with Crippen molar-refractivity contribution < 1.29 is 0 Å². The van der Waals surface area contributed by atoms with Crippen molar-refractivity contribution in [1.29, 1.82) is 0 Å². The summed E-state index contributed by atoms with van der Waals surface area (Å²) in [5, 5.41) is 0. The van der Waals surface area contributed by atoms with Gasteiger partial charge < -0.3 is 0 Å². The van der Waals surface area contributed by atoms with Crippen molar-refractivity contribution in [2.24, 2.45) is 0 Å². The minimum Gasteiger partial charge on any atom is -0.0820 e. The lowest BCUT2D eigenvalue weighted by atomic mass is 10.1. The number of alkyl halides is 2. The third-order valence-corrected chi connectivity index (χ3v) is 4.25. The van der Waals surface area contributed by atoms with E-state index in [0.29, 0.717) is 0 Å². The first-order valence-electron chi connectivity index (χ1n) is 6.50. The number of hydrogen-bond donors (Lipinski definition) is 0. The minimum absolute atomic E-state index is 0.194. The lowest BCUT2D eigenvalue weighted by Gasteiger charge is -2.14. The van der Waals surface area contributed by atoms with Crippen LogP contribution in [0.25, 0.3) is 11.1 Å². The topological polar surface area (TPSA) is 0 Å². The highest BCUT2D eigenvalue weighted by Crippen LogP contribution is 2.34. The summed E-state index contributed by atoms with van der Waals surface area (Å²) < 4.78 is 0.194. The molecule has 20 heavy (non-hydrogen) atoms. The van der Waals surface area contributed by atoms with Gasteiger partial charge in [-0.1, -0.05) is 123 Å². The average molecular weight is 439 g/mol. The Hall–Kier alpha value is -0.870. The van der Waals surface area contributed by atoms with E-state index in [1.165, 1.54) is 11.1 Å². The Morgan fingerprint density at radius 2 is 1.30 bits per heavy atom.